The molecule has 0 unspecified atom stereocenters. The number of nitrogens with one attached hydrogen (secondary N) is 1. The second-order valence-electron chi connectivity index (χ2n) is 7.44. The molecule has 0 spiro atoms. The maximum absolute atomic E-state index is 12.8. The maximum atomic E-state index is 12.8. The Morgan fingerprint density at radius 1 is 1.22 bits per heavy atom. The number of aromatic nitrogens is 2. The Bertz CT molecular complexity index is 792. The molecule has 27 heavy (non-hydrogen) atoms. The number of hydrogen-bond acceptors (Lipinski definition) is 6. The fourth-order valence-electron chi connectivity index (χ4n) is 4.29. The van der Waals surface area contributed by atoms with Crippen LogP contribution >= 0.6 is 23.1 Å². The Balaban J connectivity index is 1.33. The molecule has 2 heterocycles. The van der Waals surface area contributed by atoms with E-state index >= 15 is 0 Å². The topological polar surface area (TPSA) is 58.1 Å². The molecule has 1 amide bonds. The standard InChI is InChI=1S/C20H26N4OS2/c1-14-7-2-4-10-16(14)21-19-22-23-20(27-19)26-13-18(25)24-12-6-9-15-8-3-5-11-17(15)24/h2,4,7,10,15,17H,3,5-6,8-9,11-13H2,1H3,(H,21,22)/t15-,17-/m1/s1. The van der Waals surface area contributed by atoms with E-state index in [9.17, 15) is 4.79 Å². The molecular weight excluding hydrogens is 376 g/mol. The number of carbonyl (C=O) groups is 1. The minimum atomic E-state index is 0.264. The monoisotopic (exact) mass is 402 g/mol. The molecule has 2 fully saturated rings. The Morgan fingerprint density at radius 2 is 2.04 bits per heavy atom. The summed E-state index contributed by atoms with van der Waals surface area (Å²) >= 11 is 3.02. The number of benzene rings is 1. The van der Waals surface area contributed by atoms with Gasteiger partial charge in [0.05, 0.1) is 5.75 Å². The first kappa shape index (κ1) is 18.7. The van der Waals surface area contributed by atoms with Crippen molar-refractivity contribution in [2.24, 2.45) is 5.92 Å². The number of nitrogens with zero attached hydrogens (tertiary/aromatic N) is 3. The molecule has 7 heteroatoms. The van der Waals surface area contributed by atoms with Gasteiger partial charge in [0.15, 0.2) is 4.34 Å². The highest BCUT2D eigenvalue weighted by Gasteiger charge is 2.35. The molecule has 1 aliphatic carbocycles. The molecular formula is C20H26N4OS2. The number of rotatable bonds is 5. The van der Waals surface area contributed by atoms with E-state index in [2.05, 4.69) is 33.4 Å². The second-order valence-corrected chi connectivity index (χ2v) is 9.64. The van der Waals surface area contributed by atoms with Gasteiger partial charge in [-0.15, -0.1) is 10.2 Å². The van der Waals surface area contributed by atoms with E-state index in [4.69, 9.17) is 0 Å². The number of amides is 1. The van der Waals surface area contributed by atoms with Gasteiger partial charge < -0.3 is 10.2 Å². The summed E-state index contributed by atoms with van der Waals surface area (Å²) < 4.78 is 0.844. The van der Waals surface area contributed by atoms with Gasteiger partial charge in [0, 0.05) is 18.3 Å². The van der Waals surface area contributed by atoms with Crippen molar-refractivity contribution in [3.8, 4) is 0 Å². The van der Waals surface area contributed by atoms with Gasteiger partial charge in [-0.25, -0.2) is 0 Å². The largest absolute Gasteiger partial charge is 0.339 e. The molecule has 1 N–H and O–H groups in total. The van der Waals surface area contributed by atoms with E-state index in [1.165, 1.54) is 60.8 Å². The van der Waals surface area contributed by atoms with Crippen LogP contribution in [0.5, 0.6) is 0 Å². The minimum absolute atomic E-state index is 0.264. The lowest BCUT2D eigenvalue weighted by molar-refractivity contribution is -0.134. The van der Waals surface area contributed by atoms with Crippen LogP contribution in [0.3, 0.4) is 0 Å². The summed E-state index contributed by atoms with van der Waals surface area (Å²) in [5.41, 5.74) is 2.21. The molecule has 5 nitrogen and oxygen atoms in total. The van der Waals surface area contributed by atoms with Crippen LogP contribution in [0.2, 0.25) is 0 Å². The fourth-order valence-corrected chi connectivity index (χ4v) is 5.94. The van der Waals surface area contributed by atoms with Crippen LogP contribution in [-0.2, 0) is 4.79 Å². The first-order valence-corrected chi connectivity index (χ1v) is 11.6. The maximum Gasteiger partial charge on any atom is 0.233 e. The third kappa shape index (κ3) is 4.46. The zero-order chi connectivity index (χ0) is 18.6. The lowest BCUT2D eigenvalue weighted by Crippen LogP contribution is -2.50. The van der Waals surface area contributed by atoms with Gasteiger partial charge in [-0.05, 0) is 50.2 Å². The molecule has 144 valence electrons. The van der Waals surface area contributed by atoms with Gasteiger partial charge in [-0.3, -0.25) is 4.79 Å². The first-order valence-electron chi connectivity index (χ1n) is 9.79. The quantitative estimate of drug-likeness (QED) is 0.724. The summed E-state index contributed by atoms with van der Waals surface area (Å²) in [7, 11) is 0. The number of fused-ring (bicyclic) bond motifs is 1. The zero-order valence-electron chi connectivity index (χ0n) is 15.7. The molecule has 1 aromatic carbocycles. The van der Waals surface area contributed by atoms with Crippen LogP contribution in [0, 0.1) is 12.8 Å². The SMILES string of the molecule is Cc1ccccc1Nc1nnc(SCC(=O)N2CCC[C@H]3CCCC[C@H]32)s1. The van der Waals surface area contributed by atoms with E-state index in [0.29, 0.717) is 11.8 Å². The summed E-state index contributed by atoms with van der Waals surface area (Å²) in [5, 5.41) is 12.5. The zero-order valence-corrected chi connectivity index (χ0v) is 17.3. The number of aryl methyl sites for hydroxylation is 1. The van der Waals surface area contributed by atoms with Crippen LogP contribution in [0.15, 0.2) is 28.6 Å². The Morgan fingerprint density at radius 3 is 2.93 bits per heavy atom. The van der Waals surface area contributed by atoms with Gasteiger partial charge >= 0.3 is 0 Å². The third-order valence-corrected chi connectivity index (χ3v) is 7.63. The molecule has 4 rings (SSSR count). The summed E-state index contributed by atoms with van der Waals surface area (Å²) in [6.07, 6.45) is 7.53. The van der Waals surface area contributed by atoms with Crippen molar-refractivity contribution in [2.45, 2.75) is 55.8 Å². The van der Waals surface area contributed by atoms with E-state index in [1.807, 2.05) is 18.2 Å². The van der Waals surface area contributed by atoms with Crippen molar-refractivity contribution < 1.29 is 4.79 Å². The highest BCUT2D eigenvalue weighted by Crippen LogP contribution is 2.36. The minimum Gasteiger partial charge on any atom is -0.339 e. The predicted octanol–water partition coefficient (Wildman–Crippen LogP) is 4.86. The Labute approximate surface area is 168 Å². The summed E-state index contributed by atoms with van der Waals surface area (Å²) in [5.74, 6) is 1.45. The van der Waals surface area contributed by atoms with E-state index < -0.39 is 0 Å². The average Bonchev–Trinajstić information content (AvgIpc) is 3.15. The molecule has 0 radical (unpaired) electrons. The molecule has 2 aromatic rings. The van der Waals surface area contributed by atoms with Crippen molar-refractivity contribution in [3.63, 3.8) is 0 Å². The normalized spacial score (nSPS) is 22.3. The van der Waals surface area contributed by atoms with Crippen molar-refractivity contribution >= 4 is 39.8 Å². The number of likely N-dealkylation sites (tertiary alicyclic amines) is 1. The van der Waals surface area contributed by atoms with Crippen LogP contribution < -0.4 is 5.32 Å². The Kier molecular flexibility index (Phi) is 5.98. The van der Waals surface area contributed by atoms with Crippen LogP contribution in [0.4, 0.5) is 10.8 Å². The van der Waals surface area contributed by atoms with Crippen LogP contribution in [-0.4, -0.2) is 39.3 Å². The second kappa shape index (κ2) is 8.61. The van der Waals surface area contributed by atoms with Crippen molar-refractivity contribution in [2.75, 3.05) is 17.6 Å². The lowest BCUT2D eigenvalue weighted by atomic mass is 9.78. The summed E-state index contributed by atoms with van der Waals surface area (Å²) in [4.78, 5) is 15.0. The summed E-state index contributed by atoms with van der Waals surface area (Å²) in [6, 6.07) is 8.60. The predicted molar refractivity (Wildman–Crippen MR) is 112 cm³/mol. The van der Waals surface area contributed by atoms with E-state index in [0.717, 1.165) is 34.0 Å². The van der Waals surface area contributed by atoms with Crippen molar-refractivity contribution in [1.29, 1.82) is 0 Å². The molecule has 2 aliphatic rings. The van der Waals surface area contributed by atoms with Gasteiger partial charge in [-0.2, -0.15) is 0 Å². The average molecular weight is 403 g/mol. The lowest BCUT2D eigenvalue weighted by Gasteiger charge is -2.44. The van der Waals surface area contributed by atoms with Gasteiger partial charge in [0.25, 0.3) is 0 Å². The molecule has 0 bridgehead atoms. The van der Waals surface area contributed by atoms with Crippen LogP contribution in [0.1, 0.15) is 44.1 Å². The number of anilines is 2. The van der Waals surface area contributed by atoms with Crippen LogP contribution in [0.25, 0.3) is 0 Å². The number of carbonyl (C=O) groups excluding carboxylic acids is 1. The highest BCUT2D eigenvalue weighted by molar-refractivity contribution is 8.01. The highest BCUT2D eigenvalue weighted by atomic mass is 32.2. The van der Waals surface area contributed by atoms with E-state index in [1.54, 1.807) is 0 Å². The molecule has 1 aliphatic heterocycles. The number of hydrogen-bond donors (Lipinski definition) is 1. The number of thioether (sulfide) groups is 1. The fraction of sp³-hybridized carbons (Fsp3) is 0.550. The molecule has 1 saturated heterocycles. The number of para-hydroxylation sites is 1. The molecule has 1 saturated carbocycles. The van der Waals surface area contributed by atoms with Gasteiger partial charge in [-0.1, -0.05) is 54.1 Å². The third-order valence-electron chi connectivity index (χ3n) is 5.68. The number of piperidine rings is 1. The van der Waals surface area contributed by atoms with Gasteiger partial charge in [0.2, 0.25) is 11.0 Å². The Hall–Kier alpha value is -1.60. The molecule has 2 atom stereocenters. The smallest absolute Gasteiger partial charge is 0.233 e. The van der Waals surface area contributed by atoms with Gasteiger partial charge in [0.1, 0.15) is 0 Å². The first-order chi connectivity index (χ1) is 13.2. The summed E-state index contributed by atoms with van der Waals surface area (Å²) in [6.45, 7) is 2.99. The van der Waals surface area contributed by atoms with Crippen molar-refractivity contribution in [3.05, 3.63) is 29.8 Å². The van der Waals surface area contributed by atoms with E-state index in [-0.39, 0.29) is 5.91 Å². The van der Waals surface area contributed by atoms with Crippen molar-refractivity contribution in [1.82, 2.24) is 15.1 Å². The molecule has 1 aromatic heterocycles.